The smallest absolute Gasteiger partial charge is 0.0817 e. The van der Waals surface area contributed by atoms with Crippen molar-refractivity contribution in [2.24, 2.45) is 5.10 Å². The Morgan fingerprint density at radius 1 is 1.31 bits per heavy atom. The largest absolute Gasteiger partial charge is 0.301 e. The Kier molecular flexibility index (Phi) is 2.76. The third kappa shape index (κ3) is 1.85. The van der Waals surface area contributed by atoms with Crippen LogP contribution in [0.25, 0.3) is 0 Å². The van der Waals surface area contributed by atoms with Crippen LogP contribution >= 0.6 is 0 Å². The molecule has 2 aliphatic rings. The molecule has 0 aromatic carbocycles. The van der Waals surface area contributed by atoms with Gasteiger partial charge < -0.3 is 5.01 Å². The van der Waals surface area contributed by atoms with Gasteiger partial charge in [0.1, 0.15) is 0 Å². The average Bonchev–Trinajstić information content (AvgIpc) is 3.01. The van der Waals surface area contributed by atoms with Gasteiger partial charge in [-0.2, -0.15) is 5.10 Å². The zero-order chi connectivity index (χ0) is 11.9. The summed E-state index contributed by atoms with van der Waals surface area (Å²) in [6.45, 7) is 8.18. The number of allylic oxidation sites excluding steroid dienone is 1. The molecule has 1 N–H and O–H groups in total. The summed E-state index contributed by atoms with van der Waals surface area (Å²) >= 11 is 0. The van der Waals surface area contributed by atoms with E-state index in [1.807, 2.05) is 6.92 Å². The molecule has 4 nitrogen and oxygen atoms in total. The summed E-state index contributed by atoms with van der Waals surface area (Å²) in [7, 11) is 4.15. The fourth-order valence-electron chi connectivity index (χ4n) is 2.02. The van der Waals surface area contributed by atoms with Gasteiger partial charge in [-0.15, -0.1) is 0 Å². The van der Waals surface area contributed by atoms with Gasteiger partial charge in [-0.1, -0.05) is 6.58 Å². The van der Waals surface area contributed by atoms with Gasteiger partial charge in [-0.25, -0.2) is 5.01 Å². The second-order valence-corrected chi connectivity index (χ2v) is 4.68. The number of hydrazone groups is 1. The predicted molar refractivity (Wildman–Crippen MR) is 66.6 cm³/mol. The molecule has 1 aliphatic heterocycles. The summed E-state index contributed by atoms with van der Waals surface area (Å²) in [6, 6.07) is 0.629. The minimum Gasteiger partial charge on any atom is -0.301 e. The van der Waals surface area contributed by atoms with Crippen LogP contribution in [0.5, 0.6) is 0 Å². The number of nitrogens with zero attached hydrogens (tertiary/aromatic N) is 3. The molecule has 0 aromatic heterocycles. The molecule has 1 saturated carbocycles. The molecule has 88 valence electrons. The van der Waals surface area contributed by atoms with Crippen LogP contribution in [0, 0.1) is 0 Å². The number of hydrogen-bond acceptors (Lipinski definition) is 4. The Hall–Kier alpha value is -1.29. The van der Waals surface area contributed by atoms with E-state index in [1.165, 1.54) is 24.1 Å². The molecule has 0 amide bonds. The van der Waals surface area contributed by atoms with Crippen LogP contribution in [0.2, 0.25) is 0 Å². The Morgan fingerprint density at radius 2 is 1.94 bits per heavy atom. The van der Waals surface area contributed by atoms with Crippen LogP contribution in [-0.2, 0) is 0 Å². The fraction of sp³-hybridized carbons (Fsp3) is 0.583. The monoisotopic (exact) mass is 220 g/mol. The van der Waals surface area contributed by atoms with E-state index in [2.05, 4.69) is 48.1 Å². The summed E-state index contributed by atoms with van der Waals surface area (Å²) in [6.07, 6.45) is 2.52. The van der Waals surface area contributed by atoms with Crippen LogP contribution < -0.4 is 5.43 Å². The lowest BCUT2D eigenvalue weighted by molar-refractivity contribution is 0.0575. The number of hydrazine groups is 1. The lowest BCUT2D eigenvalue weighted by Crippen LogP contribution is -2.42. The summed E-state index contributed by atoms with van der Waals surface area (Å²) in [4.78, 5) is 0. The van der Waals surface area contributed by atoms with E-state index in [-0.39, 0.29) is 0 Å². The Bertz CT molecular complexity index is 372. The highest BCUT2D eigenvalue weighted by Gasteiger charge is 2.35. The van der Waals surface area contributed by atoms with E-state index in [9.17, 15) is 0 Å². The zero-order valence-corrected chi connectivity index (χ0v) is 10.5. The summed E-state index contributed by atoms with van der Waals surface area (Å²) < 4.78 is 0. The first kappa shape index (κ1) is 11.2. The van der Waals surface area contributed by atoms with Crippen molar-refractivity contribution in [1.29, 1.82) is 0 Å². The van der Waals surface area contributed by atoms with Gasteiger partial charge in [0.15, 0.2) is 0 Å². The van der Waals surface area contributed by atoms with Crippen LogP contribution in [0.15, 0.2) is 28.6 Å². The fourth-order valence-corrected chi connectivity index (χ4v) is 2.02. The maximum absolute atomic E-state index is 4.23. The van der Waals surface area contributed by atoms with Crippen molar-refractivity contribution in [1.82, 2.24) is 15.4 Å². The van der Waals surface area contributed by atoms with E-state index in [4.69, 9.17) is 0 Å². The van der Waals surface area contributed by atoms with Crippen LogP contribution in [-0.4, -0.2) is 35.9 Å². The molecule has 1 fully saturated rings. The second kappa shape index (κ2) is 3.94. The molecule has 4 heteroatoms. The zero-order valence-electron chi connectivity index (χ0n) is 10.5. The van der Waals surface area contributed by atoms with Gasteiger partial charge in [-0.05, 0) is 32.3 Å². The van der Waals surface area contributed by atoms with Gasteiger partial charge in [0.05, 0.1) is 17.1 Å². The third-order valence-corrected chi connectivity index (χ3v) is 3.10. The van der Waals surface area contributed by atoms with Gasteiger partial charge in [0.2, 0.25) is 0 Å². The molecule has 2 rings (SSSR count). The van der Waals surface area contributed by atoms with Crippen LogP contribution in [0.4, 0.5) is 0 Å². The number of hydrogen-bond donors (Lipinski definition) is 1. The summed E-state index contributed by atoms with van der Waals surface area (Å²) in [5, 5.41) is 8.69. The second-order valence-electron chi connectivity index (χ2n) is 4.68. The Labute approximate surface area is 97.3 Å². The van der Waals surface area contributed by atoms with Gasteiger partial charge in [0.25, 0.3) is 0 Å². The quantitative estimate of drug-likeness (QED) is 0.734. The minimum absolute atomic E-state index is 0.629. The van der Waals surface area contributed by atoms with Crippen molar-refractivity contribution in [3.63, 3.8) is 0 Å². The third-order valence-electron chi connectivity index (χ3n) is 3.10. The van der Waals surface area contributed by atoms with E-state index in [0.717, 1.165) is 11.4 Å². The summed E-state index contributed by atoms with van der Waals surface area (Å²) in [5.74, 6) is 0. The SMILES string of the molecule is C=C1NN=C(C)C(C)=C1N(C1CC1)N(C)C. The van der Waals surface area contributed by atoms with Crippen molar-refractivity contribution >= 4 is 5.71 Å². The first-order valence-corrected chi connectivity index (χ1v) is 5.69. The molecule has 16 heavy (non-hydrogen) atoms. The highest BCUT2D eigenvalue weighted by molar-refractivity contribution is 5.99. The molecule has 0 atom stereocenters. The first-order valence-electron chi connectivity index (χ1n) is 5.69. The maximum Gasteiger partial charge on any atom is 0.0817 e. The Morgan fingerprint density at radius 3 is 2.44 bits per heavy atom. The Balaban J connectivity index is 2.38. The number of nitrogens with one attached hydrogen (secondary N) is 1. The van der Waals surface area contributed by atoms with Crippen molar-refractivity contribution < 1.29 is 0 Å². The molecule has 0 bridgehead atoms. The topological polar surface area (TPSA) is 30.9 Å². The normalized spacial score (nSPS) is 21.1. The molecule has 0 radical (unpaired) electrons. The molecule has 1 aliphatic carbocycles. The van der Waals surface area contributed by atoms with E-state index >= 15 is 0 Å². The highest BCUT2D eigenvalue weighted by atomic mass is 15.6. The van der Waals surface area contributed by atoms with Crippen molar-refractivity contribution in [3.05, 3.63) is 23.5 Å². The average molecular weight is 220 g/mol. The standard InChI is InChI=1S/C12H20N4/c1-8-9(2)13-14-10(3)12(8)16(15(4)5)11-6-7-11/h11,14H,3,6-7H2,1-2,4-5H3. The van der Waals surface area contributed by atoms with Gasteiger partial charge in [0, 0.05) is 20.1 Å². The van der Waals surface area contributed by atoms with Crippen molar-refractivity contribution in [2.45, 2.75) is 32.7 Å². The molecule has 0 spiro atoms. The van der Waals surface area contributed by atoms with E-state index in [0.29, 0.717) is 6.04 Å². The van der Waals surface area contributed by atoms with E-state index in [1.54, 1.807) is 0 Å². The summed E-state index contributed by atoms with van der Waals surface area (Å²) in [5.41, 5.74) is 7.32. The van der Waals surface area contributed by atoms with Crippen LogP contribution in [0.3, 0.4) is 0 Å². The number of rotatable bonds is 3. The van der Waals surface area contributed by atoms with E-state index < -0.39 is 0 Å². The molecule has 0 saturated heterocycles. The van der Waals surface area contributed by atoms with Crippen LogP contribution in [0.1, 0.15) is 26.7 Å². The molecule has 0 unspecified atom stereocenters. The molecule has 0 aromatic rings. The van der Waals surface area contributed by atoms with Crippen molar-refractivity contribution in [2.75, 3.05) is 14.1 Å². The minimum atomic E-state index is 0.629. The first-order chi connectivity index (χ1) is 7.52. The predicted octanol–water partition coefficient (Wildman–Crippen LogP) is 1.69. The lowest BCUT2D eigenvalue weighted by Gasteiger charge is -2.36. The van der Waals surface area contributed by atoms with Gasteiger partial charge >= 0.3 is 0 Å². The molecular formula is C12H20N4. The maximum atomic E-state index is 4.23. The van der Waals surface area contributed by atoms with Crippen molar-refractivity contribution in [3.8, 4) is 0 Å². The lowest BCUT2D eigenvalue weighted by atomic mass is 10.1. The molecular weight excluding hydrogens is 200 g/mol. The van der Waals surface area contributed by atoms with Gasteiger partial charge in [-0.3, -0.25) is 5.43 Å². The highest BCUT2D eigenvalue weighted by Crippen LogP contribution is 2.34. The molecule has 1 heterocycles.